The standard InChI is InChI=1S/C11H18N4O2S.ClH/c1-14-10(2-5-13-14)18(16,17)15-7-4-11(9-15)3-6-12-8-11;/h2,5,12H,3-4,6-9H2,1H3;1H. The lowest BCUT2D eigenvalue weighted by Crippen LogP contribution is -2.34. The van der Waals surface area contributed by atoms with Gasteiger partial charge in [-0.1, -0.05) is 0 Å². The summed E-state index contributed by atoms with van der Waals surface area (Å²) in [6.45, 7) is 3.19. The molecule has 0 aliphatic carbocycles. The maximum Gasteiger partial charge on any atom is 0.260 e. The zero-order chi connectivity index (χ0) is 12.8. The predicted octanol–water partition coefficient (Wildman–Crippen LogP) is 0.216. The molecule has 1 aromatic rings. The minimum Gasteiger partial charge on any atom is -0.316 e. The van der Waals surface area contributed by atoms with Crippen LogP contribution in [-0.4, -0.2) is 48.7 Å². The van der Waals surface area contributed by atoms with Crippen molar-refractivity contribution in [2.75, 3.05) is 26.2 Å². The maximum atomic E-state index is 12.5. The van der Waals surface area contributed by atoms with Crippen LogP contribution in [0.5, 0.6) is 0 Å². The first-order valence-electron chi connectivity index (χ1n) is 6.22. The highest BCUT2D eigenvalue weighted by Crippen LogP contribution is 2.38. The van der Waals surface area contributed by atoms with Gasteiger partial charge in [0.05, 0.1) is 6.20 Å². The average molecular weight is 307 g/mol. The molecule has 0 amide bonds. The highest BCUT2D eigenvalue weighted by molar-refractivity contribution is 7.89. The van der Waals surface area contributed by atoms with Gasteiger partial charge in [0.1, 0.15) is 0 Å². The topological polar surface area (TPSA) is 67.2 Å². The zero-order valence-electron chi connectivity index (χ0n) is 10.9. The molecule has 0 aromatic carbocycles. The van der Waals surface area contributed by atoms with E-state index >= 15 is 0 Å². The summed E-state index contributed by atoms with van der Waals surface area (Å²) in [5, 5.41) is 7.56. The molecule has 2 aliphatic rings. The third kappa shape index (κ3) is 2.40. The number of nitrogens with zero attached hydrogens (tertiary/aromatic N) is 3. The van der Waals surface area contributed by atoms with Gasteiger partial charge in [-0.2, -0.15) is 9.40 Å². The number of hydrogen-bond acceptors (Lipinski definition) is 4. The van der Waals surface area contributed by atoms with E-state index in [-0.39, 0.29) is 22.8 Å². The Morgan fingerprint density at radius 1 is 1.42 bits per heavy atom. The summed E-state index contributed by atoms with van der Waals surface area (Å²) in [6, 6.07) is 1.56. The molecule has 19 heavy (non-hydrogen) atoms. The Morgan fingerprint density at radius 3 is 2.79 bits per heavy atom. The summed E-state index contributed by atoms with van der Waals surface area (Å²) in [5.74, 6) is 0. The maximum absolute atomic E-state index is 12.5. The SMILES string of the molecule is Cl.Cn1nccc1S(=O)(=O)N1CCC2(CCNC2)C1. The van der Waals surface area contributed by atoms with Crippen LogP contribution in [0.3, 0.4) is 0 Å². The first-order valence-corrected chi connectivity index (χ1v) is 7.66. The van der Waals surface area contributed by atoms with Gasteiger partial charge in [0.15, 0.2) is 5.03 Å². The number of aryl methyl sites for hydroxylation is 1. The molecule has 3 rings (SSSR count). The van der Waals surface area contributed by atoms with E-state index in [1.165, 1.54) is 10.9 Å². The highest BCUT2D eigenvalue weighted by atomic mass is 35.5. The van der Waals surface area contributed by atoms with Crippen LogP contribution in [0.1, 0.15) is 12.8 Å². The Bertz CT molecular complexity index is 551. The molecule has 1 unspecified atom stereocenters. The van der Waals surface area contributed by atoms with Crippen LogP contribution in [-0.2, 0) is 17.1 Å². The van der Waals surface area contributed by atoms with E-state index in [1.807, 2.05) is 0 Å². The molecular weight excluding hydrogens is 288 g/mol. The second kappa shape index (κ2) is 5.05. The van der Waals surface area contributed by atoms with Crippen molar-refractivity contribution in [1.29, 1.82) is 0 Å². The van der Waals surface area contributed by atoms with Gasteiger partial charge < -0.3 is 5.32 Å². The van der Waals surface area contributed by atoms with Crippen LogP contribution in [0.15, 0.2) is 17.3 Å². The molecule has 1 N–H and O–H groups in total. The van der Waals surface area contributed by atoms with E-state index in [1.54, 1.807) is 17.4 Å². The molecule has 0 bridgehead atoms. The van der Waals surface area contributed by atoms with Crippen LogP contribution in [0.4, 0.5) is 0 Å². The first-order chi connectivity index (χ1) is 8.54. The summed E-state index contributed by atoms with van der Waals surface area (Å²) in [6.07, 6.45) is 3.55. The van der Waals surface area contributed by atoms with Gasteiger partial charge >= 0.3 is 0 Å². The van der Waals surface area contributed by atoms with E-state index in [4.69, 9.17) is 0 Å². The molecule has 6 nitrogen and oxygen atoms in total. The Labute approximate surface area is 119 Å². The lowest BCUT2D eigenvalue weighted by molar-refractivity contribution is 0.337. The third-order valence-electron chi connectivity index (χ3n) is 4.12. The predicted molar refractivity (Wildman–Crippen MR) is 73.8 cm³/mol. The largest absolute Gasteiger partial charge is 0.316 e. The van der Waals surface area contributed by atoms with E-state index in [0.29, 0.717) is 13.1 Å². The van der Waals surface area contributed by atoms with Crippen LogP contribution in [0.25, 0.3) is 0 Å². The summed E-state index contributed by atoms with van der Waals surface area (Å²) >= 11 is 0. The molecule has 0 radical (unpaired) electrons. The van der Waals surface area contributed by atoms with Crippen molar-refractivity contribution in [3.8, 4) is 0 Å². The van der Waals surface area contributed by atoms with Crippen molar-refractivity contribution < 1.29 is 8.42 Å². The number of hydrogen-bond donors (Lipinski definition) is 1. The molecule has 2 aliphatic heterocycles. The van der Waals surface area contributed by atoms with Gasteiger partial charge in [0.25, 0.3) is 10.0 Å². The van der Waals surface area contributed by atoms with Crippen molar-refractivity contribution in [3.05, 3.63) is 12.3 Å². The quantitative estimate of drug-likeness (QED) is 0.848. The Kier molecular flexibility index (Phi) is 3.92. The lowest BCUT2D eigenvalue weighted by atomic mass is 9.87. The fourth-order valence-electron chi connectivity index (χ4n) is 2.99. The molecule has 108 valence electrons. The normalized spacial score (nSPS) is 27.8. The average Bonchev–Trinajstić information content (AvgIpc) is 3.02. The number of aromatic nitrogens is 2. The van der Waals surface area contributed by atoms with Crippen molar-refractivity contribution in [2.45, 2.75) is 17.9 Å². The summed E-state index contributed by atoms with van der Waals surface area (Å²) in [7, 11) is -1.72. The minimum atomic E-state index is -3.38. The van der Waals surface area contributed by atoms with Crippen LogP contribution >= 0.6 is 12.4 Å². The van der Waals surface area contributed by atoms with Gasteiger partial charge in [0, 0.05) is 26.7 Å². The Balaban J connectivity index is 0.00000133. The van der Waals surface area contributed by atoms with Gasteiger partial charge in [-0.15, -0.1) is 12.4 Å². The zero-order valence-corrected chi connectivity index (χ0v) is 12.5. The van der Waals surface area contributed by atoms with Crippen molar-refractivity contribution in [2.24, 2.45) is 12.5 Å². The van der Waals surface area contributed by atoms with Crippen LogP contribution < -0.4 is 5.32 Å². The molecule has 1 aromatic heterocycles. The Hall–Kier alpha value is -0.630. The fraction of sp³-hybridized carbons (Fsp3) is 0.727. The summed E-state index contributed by atoms with van der Waals surface area (Å²) < 4.78 is 28.0. The minimum absolute atomic E-state index is 0. The molecule has 2 fully saturated rings. The number of nitrogens with one attached hydrogen (secondary N) is 1. The Morgan fingerprint density at radius 2 is 2.21 bits per heavy atom. The van der Waals surface area contributed by atoms with E-state index in [0.717, 1.165) is 25.9 Å². The molecule has 0 saturated carbocycles. The van der Waals surface area contributed by atoms with Crippen LogP contribution in [0.2, 0.25) is 0 Å². The van der Waals surface area contributed by atoms with E-state index in [2.05, 4.69) is 10.4 Å². The summed E-state index contributed by atoms with van der Waals surface area (Å²) in [4.78, 5) is 0. The molecule has 8 heteroatoms. The van der Waals surface area contributed by atoms with E-state index in [9.17, 15) is 8.42 Å². The van der Waals surface area contributed by atoms with Crippen molar-refractivity contribution >= 4 is 22.4 Å². The second-order valence-electron chi connectivity index (χ2n) is 5.31. The molecule has 1 spiro atoms. The number of rotatable bonds is 2. The smallest absolute Gasteiger partial charge is 0.260 e. The van der Waals surface area contributed by atoms with Crippen LogP contribution in [0, 0.1) is 5.41 Å². The fourth-order valence-corrected chi connectivity index (χ4v) is 4.64. The number of sulfonamides is 1. The summed E-state index contributed by atoms with van der Waals surface area (Å²) in [5.41, 5.74) is 0.158. The molecule has 3 heterocycles. The van der Waals surface area contributed by atoms with Gasteiger partial charge in [-0.25, -0.2) is 8.42 Å². The lowest BCUT2D eigenvalue weighted by Gasteiger charge is -2.22. The molecular formula is C11H19ClN4O2S. The molecule has 1 atom stereocenters. The molecule has 2 saturated heterocycles. The third-order valence-corrected chi connectivity index (χ3v) is 6.04. The number of halogens is 1. The van der Waals surface area contributed by atoms with Gasteiger partial charge in [-0.05, 0) is 30.9 Å². The highest BCUT2D eigenvalue weighted by Gasteiger charge is 2.44. The van der Waals surface area contributed by atoms with Crippen molar-refractivity contribution in [1.82, 2.24) is 19.4 Å². The second-order valence-corrected chi connectivity index (χ2v) is 7.19. The van der Waals surface area contributed by atoms with E-state index < -0.39 is 10.0 Å². The van der Waals surface area contributed by atoms with Crippen molar-refractivity contribution in [3.63, 3.8) is 0 Å². The van der Waals surface area contributed by atoms with Gasteiger partial charge in [-0.3, -0.25) is 4.68 Å². The first kappa shape index (κ1) is 14.8. The van der Waals surface area contributed by atoms with Gasteiger partial charge in [0.2, 0.25) is 0 Å². The monoisotopic (exact) mass is 306 g/mol.